The zero-order valence-electron chi connectivity index (χ0n) is 21.2. The molecule has 5 aromatic rings. The largest absolute Gasteiger partial charge is 0.343 e. The van der Waals surface area contributed by atoms with Gasteiger partial charge in [-0.25, -0.2) is 4.98 Å². The van der Waals surface area contributed by atoms with Gasteiger partial charge >= 0.3 is 0 Å². The summed E-state index contributed by atoms with van der Waals surface area (Å²) < 4.78 is 1.56. The number of anilines is 1. The number of aromatic amines is 2. The van der Waals surface area contributed by atoms with E-state index >= 15 is 0 Å². The molecule has 12 nitrogen and oxygen atoms in total. The quantitative estimate of drug-likeness (QED) is 0.262. The maximum Gasteiger partial charge on any atom is 0.244 e. The first-order chi connectivity index (χ1) is 19.0. The zero-order chi connectivity index (χ0) is 26.8. The lowest BCUT2D eigenvalue weighted by atomic mass is 10.0. The molecule has 39 heavy (non-hydrogen) atoms. The molecule has 6 rings (SSSR count). The average molecular weight is 523 g/mol. The van der Waals surface area contributed by atoms with E-state index in [1.54, 1.807) is 23.2 Å². The van der Waals surface area contributed by atoms with Crippen LogP contribution in [-0.2, 0) is 9.59 Å². The van der Waals surface area contributed by atoms with Gasteiger partial charge in [0.15, 0.2) is 0 Å². The lowest BCUT2D eigenvalue weighted by molar-refractivity contribution is -0.118. The summed E-state index contributed by atoms with van der Waals surface area (Å²) in [5.41, 5.74) is 5.67. The summed E-state index contributed by atoms with van der Waals surface area (Å²) in [6, 6.07) is 9.32. The molecular formula is C27H26N10O2. The molecule has 1 aliphatic rings. The summed E-state index contributed by atoms with van der Waals surface area (Å²) in [5.74, 6) is 0.338. The molecule has 0 saturated heterocycles. The summed E-state index contributed by atoms with van der Waals surface area (Å²) in [6.45, 7) is 1.98. The van der Waals surface area contributed by atoms with Crippen LogP contribution in [0, 0.1) is 6.92 Å². The van der Waals surface area contributed by atoms with Crippen molar-refractivity contribution < 1.29 is 9.59 Å². The molecule has 2 aromatic carbocycles. The number of benzene rings is 2. The Balaban J connectivity index is 1.27. The first-order valence-corrected chi connectivity index (χ1v) is 12.7. The van der Waals surface area contributed by atoms with Gasteiger partial charge in [-0.3, -0.25) is 14.7 Å². The lowest BCUT2D eigenvalue weighted by Crippen LogP contribution is -2.28. The van der Waals surface area contributed by atoms with Crippen LogP contribution in [0.15, 0.2) is 55.1 Å². The van der Waals surface area contributed by atoms with E-state index in [0.717, 1.165) is 45.4 Å². The summed E-state index contributed by atoms with van der Waals surface area (Å²) in [4.78, 5) is 33.7. The molecular weight excluding hydrogens is 496 g/mol. The van der Waals surface area contributed by atoms with Gasteiger partial charge in [0.25, 0.3) is 0 Å². The van der Waals surface area contributed by atoms with Gasteiger partial charge in [-0.05, 0) is 60.5 Å². The molecule has 3 aromatic heterocycles. The summed E-state index contributed by atoms with van der Waals surface area (Å²) in [7, 11) is 0. The predicted molar refractivity (Wildman–Crippen MR) is 145 cm³/mol. The van der Waals surface area contributed by atoms with Gasteiger partial charge < -0.3 is 15.6 Å². The van der Waals surface area contributed by atoms with Gasteiger partial charge in [-0.15, -0.1) is 5.10 Å². The van der Waals surface area contributed by atoms with E-state index in [2.05, 4.69) is 46.3 Å². The molecule has 0 radical (unpaired) electrons. The monoisotopic (exact) mass is 522 g/mol. The van der Waals surface area contributed by atoms with Crippen LogP contribution >= 0.6 is 0 Å². The summed E-state index contributed by atoms with van der Waals surface area (Å²) in [6.07, 6.45) is 10.7. The van der Waals surface area contributed by atoms with Crippen molar-refractivity contribution in [3.63, 3.8) is 0 Å². The Kier molecular flexibility index (Phi) is 6.41. The number of hydrogen-bond donors (Lipinski definition) is 4. The van der Waals surface area contributed by atoms with Crippen molar-refractivity contribution in [2.45, 2.75) is 38.6 Å². The normalized spacial score (nSPS) is 15.9. The third kappa shape index (κ3) is 5.17. The molecule has 0 aliphatic carbocycles. The molecule has 0 fully saturated rings. The van der Waals surface area contributed by atoms with Crippen molar-refractivity contribution in [3.8, 4) is 16.9 Å². The SMILES string of the molecule is Cc1ccc(-n2cnnn2)c(/C=C/C(=O)N[C@H]2CCCCC(=O)Nc3cc4[nH]ncc4cc3-c3cnc2[nH]3)c1. The van der Waals surface area contributed by atoms with Crippen LogP contribution in [0.25, 0.3) is 33.9 Å². The van der Waals surface area contributed by atoms with Crippen LogP contribution < -0.4 is 10.6 Å². The van der Waals surface area contributed by atoms with Gasteiger partial charge in [-0.2, -0.15) is 9.78 Å². The highest BCUT2D eigenvalue weighted by Crippen LogP contribution is 2.33. The van der Waals surface area contributed by atoms with E-state index in [4.69, 9.17) is 0 Å². The molecule has 12 heteroatoms. The van der Waals surface area contributed by atoms with Crippen LogP contribution in [0.1, 0.15) is 48.7 Å². The Hall–Kier alpha value is -5.13. The Bertz CT molecular complexity index is 1680. The molecule has 0 spiro atoms. The van der Waals surface area contributed by atoms with Crippen LogP contribution in [0.2, 0.25) is 0 Å². The minimum absolute atomic E-state index is 0.0597. The van der Waals surface area contributed by atoms with Crippen LogP contribution in [0.5, 0.6) is 0 Å². The van der Waals surface area contributed by atoms with Crippen LogP contribution in [0.3, 0.4) is 0 Å². The van der Waals surface area contributed by atoms with E-state index in [9.17, 15) is 9.59 Å². The number of rotatable bonds is 4. The number of imidazole rings is 1. The van der Waals surface area contributed by atoms with Gasteiger partial charge in [0, 0.05) is 29.0 Å². The number of fused-ring (bicyclic) bond motifs is 5. The number of carbonyl (C=O) groups is 2. The fraction of sp³-hybridized carbons (Fsp3) is 0.222. The Morgan fingerprint density at radius 1 is 1.18 bits per heavy atom. The maximum absolute atomic E-state index is 13.1. The van der Waals surface area contributed by atoms with E-state index in [1.807, 2.05) is 37.3 Å². The highest BCUT2D eigenvalue weighted by atomic mass is 16.2. The Labute approximate surface area is 222 Å². The number of nitrogens with zero attached hydrogens (tertiary/aromatic N) is 6. The third-order valence-electron chi connectivity index (χ3n) is 6.72. The zero-order valence-corrected chi connectivity index (χ0v) is 21.2. The number of amides is 2. The topological polar surface area (TPSA) is 159 Å². The predicted octanol–water partition coefficient (Wildman–Crippen LogP) is 3.62. The second kappa shape index (κ2) is 10.3. The van der Waals surface area contributed by atoms with Gasteiger partial charge in [0.05, 0.1) is 41.0 Å². The highest BCUT2D eigenvalue weighted by Gasteiger charge is 2.21. The molecule has 1 aliphatic heterocycles. The summed E-state index contributed by atoms with van der Waals surface area (Å²) in [5, 5.41) is 25.5. The molecule has 1 atom stereocenters. The number of H-pyrrole nitrogens is 2. The number of carbonyl (C=O) groups excluding carboxylic acids is 2. The van der Waals surface area contributed by atoms with Crippen molar-refractivity contribution in [2.24, 2.45) is 0 Å². The number of nitrogens with one attached hydrogen (secondary N) is 4. The van der Waals surface area contributed by atoms with Crippen molar-refractivity contribution in [2.75, 3.05) is 5.32 Å². The second-order valence-corrected chi connectivity index (χ2v) is 9.54. The molecule has 4 N–H and O–H groups in total. The summed E-state index contributed by atoms with van der Waals surface area (Å²) >= 11 is 0. The molecule has 0 unspecified atom stereocenters. The fourth-order valence-corrected chi connectivity index (χ4v) is 4.77. The third-order valence-corrected chi connectivity index (χ3v) is 6.72. The number of aromatic nitrogens is 8. The maximum atomic E-state index is 13.1. The molecule has 2 amide bonds. The first-order valence-electron chi connectivity index (χ1n) is 12.7. The molecule has 4 heterocycles. The van der Waals surface area contributed by atoms with Crippen molar-refractivity contribution in [1.82, 2.24) is 45.7 Å². The standard InChI is InChI=1S/C27H26N10O2/c1-16-6-8-24(37-15-30-35-36-37)17(10-16)7-9-26(39)31-20-4-2-3-5-25(38)32-22-12-21-18(13-29-34-21)11-19(22)23-14-28-27(20)33-23/h6-15,20H,2-5H2,1H3,(H,28,33)(H,29,34)(H,31,39)(H,32,38)/b9-7+/t20-/m0/s1. The van der Waals surface area contributed by atoms with Gasteiger partial charge in [0.1, 0.15) is 12.2 Å². The van der Waals surface area contributed by atoms with Crippen molar-refractivity contribution in [3.05, 3.63) is 72.1 Å². The smallest absolute Gasteiger partial charge is 0.244 e. The van der Waals surface area contributed by atoms with Crippen molar-refractivity contribution in [1.29, 1.82) is 0 Å². The molecule has 196 valence electrons. The van der Waals surface area contributed by atoms with Crippen molar-refractivity contribution >= 4 is 34.5 Å². The van der Waals surface area contributed by atoms with Crippen LogP contribution in [0.4, 0.5) is 5.69 Å². The minimum Gasteiger partial charge on any atom is -0.343 e. The van der Waals surface area contributed by atoms with Crippen LogP contribution in [-0.4, -0.2) is 52.2 Å². The van der Waals surface area contributed by atoms with E-state index < -0.39 is 0 Å². The second-order valence-electron chi connectivity index (χ2n) is 9.54. The van der Waals surface area contributed by atoms with E-state index in [0.29, 0.717) is 30.8 Å². The first kappa shape index (κ1) is 24.2. The Morgan fingerprint density at radius 2 is 2.10 bits per heavy atom. The molecule has 0 saturated carbocycles. The fourth-order valence-electron chi connectivity index (χ4n) is 4.77. The number of aryl methyl sites for hydroxylation is 1. The van der Waals surface area contributed by atoms with Gasteiger partial charge in [0.2, 0.25) is 11.8 Å². The number of tetrazole rings is 1. The van der Waals surface area contributed by atoms with Gasteiger partial charge in [-0.1, -0.05) is 18.1 Å². The lowest BCUT2D eigenvalue weighted by Gasteiger charge is -2.17. The minimum atomic E-state index is -0.351. The Morgan fingerprint density at radius 3 is 2.97 bits per heavy atom. The average Bonchev–Trinajstić information content (AvgIpc) is 3.70. The van der Waals surface area contributed by atoms with E-state index in [1.165, 1.54) is 12.4 Å². The number of hydrogen-bond acceptors (Lipinski definition) is 7. The molecule has 2 bridgehead atoms. The highest BCUT2D eigenvalue weighted by molar-refractivity contribution is 5.99. The van der Waals surface area contributed by atoms with E-state index in [-0.39, 0.29) is 17.9 Å².